The number of methoxy groups -OCH3 is 2. The van der Waals surface area contributed by atoms with Crippen molar-refractivity contribution in [2.24, 2.45) is 0 Å². The quantitative estimate of drug-likeness (QED) is 0.393. The zero-order valence-corrected chi connectivity index (χ0v) is 16.8. The van der Waals surface area contributed by atoms with Crippen LogP contribution in [-0.2, 0) is 0 Å². The van der Waals surface area contributed by atoms with Crippen molar-refractivity contribution in [1.82, 2.24) is 0 Å². The molecule has 29 heavy (non-hydrogen) atoms. The van der Waals surface area contributed by atoms with Gasteiger partial charge < -0.3 is 9.47 Å². The van der Waals surface area contributed by atoms with Crippen LogP contribution in [0.4, 0.5) is 0 Å². The van der Waals surface area contributed by atoms with Gasteiger partial charge in [0.1, 0.15) is 11.5 Å². The van der Waals surface area contributed by atoms with Crippen molar-refractivity contribution in [3.8, 4) is 34.5 Å². The first-order chi connectivity index (χ1) is 14.2. The van der Waals surface area contributed by atoms with Crippen LogP contribution < -0.4 is 9.47 Å². The van der Waals surface area contributed by atoms with E-state index in [1.54, 1.807) is 14.2 Å². The van der Waals surface area contributed by atoms with Crippen LogP contribution in [-0.4, -0.2) is 14.2 Å². The third kappa shape index (κ3) is 3.81. The summed E-state index contributed by atoms with van der Waals surface area (Å²) in [7, 11) is 3.32. The average molecular weight is 378 g/mol. The highest BCUT2D eigenvalue weighted by Crippen LogP contribution is 2.31. The molecule has 0 amide bonds. The molecule has 2 heteroatoms. The van der Waals surface area contributed by atoms with E-state index in [2.05, 4.69) is 67.3 Å². The minimum atomic E-state index is 0.756. The SMILES string of the molecule is COc1cc(OC)cc(-c2ccccc2C#Cc2c(C)ccc3ccccc23)c1. The van der Waals surface area contributed by atoms with Crippen molar-refractivity contribution in [1.29, 1.82) is 0 Å². The lowest BCUT2D eigenvalue weighted by atomic mass is 9.97. The number of ether oxygens (including phenoxy) is 2. The van der Waals surface area contributed by atoms with Crippen molar-refractivity contribution >= 4 is 10.8 Å². The third-order valence-electron chi connectivity index (χ3n) is 5.05. The lowest BCUT2D eigenvalue weighted by Gasteiger charge is -2.10. The van der Waals surface area contributed by atoms with E-state index in [4.69, 9.17) is 9.47 Å². The maximum atomic E-state index is 5.44. The van der Waals surface area contributed by atoms with Gasteiger partial charge in [-0.2, -0.15) is 0 Å². The first-order valence-corrected chi connectivity index (χ1v) is 9.52. The summed E-state index contributed by atoms with van der Waals surface area (Å²) in [5.74, 6) is 8.34. The molecule has 0 fully saturated rings. The highest BCUT2D eigenvalue weighted by Gasteiger charge is 2.08. The van der Waals surface area contributed by atoms with Crippen LogP contribution in [0.15, 0.2) is 78.9 Å². The molecule has 0 bridgehead atoms. The maximum absolute atomic E-state index is 5.44. The van der Waals surface area contributed by atoms with Crippen LogP contribution in [0.3, 0.4) is 0 Å². The van der Waals surface area contributed by atoms with Crippen molar-refractivity contribution in [2.45, 2.75) is 6.92 Å². The van der Waals surface area contributed by atoms with E-state index in [0.29, 0.717) is 0 Å². The Bertz CT molecular complexity index is 1220. The van der Waals surface area contributed by atoms with Crippen LogP contribution in [0.25, 0.3) is 21.9 Å². The van der Waals surface area contributed by atoms with Gasteiger partial charge in [-0.3, -0.25) is 0 Å². The van der Waals surface area contributed by atoms with Gasteiger partial charge >= 0.3 is 0 Å². The predicted molar refractivity (Wildman–Crippen MR) is 120 cm³/mol. The van der Waals surface area contributed by atoms with Crippen LogP contribution >= 0.6 is 0 Å². The molecule has 142 valence electrons. The van der Waals surface area contributed by atoms with Gasteiger partial charge in [0.25, 0.3) is 0 Å². The third-order valence-corrected chi connectivity index (χ3v) is 5.05. The van der Waals surface area contributed by atoms with Gasteiger partial charge in [0.05, 0.1) is 14.2 Å². The molecular weight excluding hydrogens is 356 g/mol. The van der Waals surface area contributed by atoms with Gasteiger partial charge in [-0.05, 0) is 52.6 Å². The minimum Gasteiger partial charge on any atom is -0.497 e. The normalized spacial score (nSPS) is 10.3. The van der Waals surface area contributed by atoms with Crippen LogP contribution in [0.5, 0.6) is 11.5 Å². The van der Waals surface area contributed by atoms with Crippen LogP contribution in [0, 0.1) is 18.8 Å². The molecule has 0 radical (unpaired) electrons. The number of hydrogen-bond acceptors (Lipinski definition) is 2. The summed E-state index contributed by atoms with van der Waals surface area (Å²) in [6.07, 6.45) is 0. The summed E-state index contributed by atoms with van der Waals surface area (Å²) in [6.45, 7) is 2.11. The Morgan fingerprint density at radius 2 is 1.38 bits per heavy atom. The second kappa shape index (κ2) is 8.12. The van der Waals surface area contributed by atoms with E-state index in [-0.39, 0.29) is 0 Å². The molecule has 0 unspecified atom stereocenters. The van der Waals surface area contributed by atoms with E-state index < -0.39 is 0 Å². The van der Waals surface area contributed by atoms with E-state index in [1.165, 1.54) is 16.3 Å². The summed E-state index contributed by atoms with van der Waals surface area (Å²) >= 11 is 0. The summed E-state index contributed by atoms with van der Waals surface area (Å²) in [4.78, 5) is 0. The Kier molecular flexibility index (Phi) is 5.22. The maximum Gasteiger partial charge on any atom is 0.123 e. The first-order valence-electron chi connectivity index (χ1n) is 9.52. The van der Waals surface area contributed by atoms with Gasteiger partial charge in [0.2, 0.25) is 0 Å². The second-order valence-corrected chi connectivity index (χ2v) is 6.88. The standard InChI is InChI=1S/C27H22O2/c1-19-12-13-21-9-5-7-11-27(21)25(19)15-14-20-8-4-6-10-26(20)22-16-23(28-2)18-24(17-22)29-3/h4-13,16-18H,1-3H3. The molecule has 4 aromatic carbocycles. The smallest absolute Gasteiger partial charge is 0.123 e. The molecule has 0 saturated carbocycles. The summed E-state index contributed by atoms with van der Waals surface area (Å²) in [6, 6.07) is 26.7. The van der Waals surface area contributed by atoms with Crippen LogP contribution in [0.2, 0.25) is 0 Å². The zero-order valence-electron chi connectivity index (χ0n) is 16.8. The molecule has 0 aromatic heterocycles. The Morgan fingerprint density at radius 3 is 2.14 bits per heavy atom. The van der Waals surface area contributed by atoms with Gasteiger partial charge in [-0.1, -0.05) is 66.4 Å². The number of hydrogen-bond donors (Lipinski definition) is 0. The van der Waals surface area contributed by atoms with Gasteiger partial charge in [-0.25, -0.2) is 0 Å². The van der Waals surface area contributed by atoms with Crippen molar-refractivity contribution < 1.29 is 9.47 Å². The number of benzene rings is 4. The lowest BCUT2D eigenvalue weighted by Crippen LogP contribution is -1.91. The molecule has 0 aliphatic rings. The van der Waals surface area contributed by atoms with E-state index in [9.17, 15) is 0 Å². The molecule has 4 rings (SSSR count). The summed E-state index contributed by atoms with van der Waals surface area (Å²) in [5.41, 5.74) is 5.28. The fourth-order valence-electron chi connectivity index (χ4n) is 3.48. The minimum absolute atomic E-state index is 0.756. The fourth-order valence-corrected chi connectivity index (χ4v) is 3.48. The highest BCUT2D eigenvalue weighted by molar-refractivity contribution is 5.89. The molecule has 0 heterocycles. The number of rotatable bonds is 3. The molecule has 0 aliphatic heterocycles. The molecule has 0 N–H and O–H groups in total. The predicted octanol–water partition coefficient (Wildman–Crippen LogP) is 6.23. The second-order valence-electron chi connectivity index (χ2n) is 6.88. The van der Waals surface area contributed by atoms with Gasteiger partial charge in [0.15, 0.2) is 0 Å². The van der Waals surface area contributed by atoms with E-state index >= 15 is 0 Å². The molecule has 0 saturated heterocycles. The van der Waals surface area contributed by atoms with Crippen molar-refractivity contribution in [3.05, 3.63) is 95.6 Å². The van der Waals surface area contributed by atoms with Gasteiger partial charge in [-0.15, -0.1) is 0 Å². The first kappa shape index (κ1) is 18.7. The molecule has 4 aromatic rings. The summed E-state index contributed by atoms with van der Waals surface area (Å²) < 4.78 is 10.9. The molecular formula is C27H22O2. The monoisotopic (exact) mass is 378 g/mol. The average Bonchev–Trinajstić information content (AvgIpc) is 2.78. The van der Waals surface area contributed by atoms with E-state index in [1.807, 2.05) is 30.3 Å². The van der Waals surface area contributed by atoms with Gasteiger partial charge in [0, 0.05) is 17.2 Å². The highest BCUT2D eigenvalue weighted by atomic mass is 16.5. The topological polar surface area (TPSA) is 18.5 Å². The van der Waals surface area contributed by atoms with E-state index in [0.717, 1.165) is 33.8 Å². The Balaban J connectivity index is 1.85. The van der Waals surface area contributed by atoms with Crippen molar-refractivity contribution in [2.75, 3.05) is 14.2 Å². The molecule has 2 nitrogen and oxygen atoms in total. The van der Waals surface area contributed by atoms with Crippen molar-refractivity contribution in [3.63, 3.8) is 0 Å². The summed E-state index contributed by atoms with van der Waals surface area (Å²) in [5, 5.41) is 2.38. The Morgan fingerprint density at radius 1 is 0.690 bits per heavy atom. The van der Waals surface area contributed by atoms with Crippen LogP contribution in [0.1, 0.15) is 16.7 Å². The molecule has 0 aliphatic carbocycles. The Hall–Kier alpha value is -3.70. The molecule has 0 spiro atoms. The lowest BCUT2D eigenvalue weighted by molar-refractivity contribution is 0.394. The number of aryl methyl sites for hydroxylation is 1. The zero-order chi connectivity index (χ0) is 20.2. The largest absolute Gasteiger partial charge is 0.497 e. The number of fused-ring (bicyclic) bond motifs is 1. The molecule has 0 atom stereocenters. The Labute approximate surface area is 171 Å². The fraction of sp³-hybridized carbons (Fsp3) is 0.111.